The minimum Gasteiger partial charge on any atom is -0.383 e. The number of nitro benzene ring substituents is 1. The van der Waals surface area contributed by atoms with Crippen LogP contribution in [0.25, 0.3) is 0 Å². The fourth-order valence-electron chi connectivity index (χ4n) is 1.68. The molecule has 19 heavy (non-hydrogen) atoms. The van der Waals surface area contributed by atoms with E-state index in [0.29, 0.717) is 26.0 Å². The van der Waals surface area contributed by atoms with Crippen LogP contribution in [-0.4, -0.2) is 38.0 Å². The topological polar surface area (TPSA) is 72.7 Å². The molecule has 0 amide bonds. The van der Waals surface area contributed by atoms with Crippen LogP contribution in [0.5, 0.6) is 0 Å². The van der Waals surface area contributed by atoms with Gasteiger partial charge in [-0.25, -0.2) is 0 Å². The fourth-order valence-corrected chi connectivity index (χ4v) is 1.68. The van der Waals surface area contributed by atoms with Crippen molar-refractivity contribution in [2.45, 2.75) is 0 Å². The number of benzene rings is 1. The first-order valence-electron chi connectivity index (χ1n) is 5.72. The molecule has 0 fully saturated rings. The maximum Gasteiger partial charge on any atom is 0.280 e. The number of hydrogen-bond acceptors (Lipinski definition) is 5. The van der Waals surface area contributed by atoms with Crippen molar-refractivity contribution >= 4 is 17.7 Å². The molecule has 0 aliphatic rings. The van der Waals surface area contributed by atoms with Crippen LogP contribution in [-0.2, 0) is 4.74 Å². The van der Waals surface area contributed by atoms with Crippen LogP contribution in [0, 0.1) is 10.1 Å². The average molecular weight is 264 g/mol. The monoisotopic (exact) mass is 264 g/mol. The normalized spacial score (nSPS) is 9.95. The van der Waals surface area contributed by atoms with Crippen molar-refractivity contribution in [3.05, 3.63) is 46.5 Å². The van der Waals surface area contributed by atoms with E-state index in [1.54, 1.807) is 19.3 Å². The number of rotatable bonds is 8. The third-order valence-electron chi connectivity index (χ3n) is 2.61. The molecule has 0 aliphatic heterocycles. The van der Waals surface area contributed by atoms with Crippen LogP contribution in [0.2, 0.25) is 0 Å². The number of carbonyl (C=O) groups excluding carboxylic acids is 1. The Morgan fingerprint density at radius 1 is 1.53 bits per heavy atom. The molecule has 6 heteroatoms. The molecular weight excluding hydrogens is 248 g/mol. The summed E-state index contributed by atoms with van der Waals surface area (Å²) in [5, 5.41) is 10.8. The second kappa shape index (κ2) is 7.27. The van der Waals surface area contributed by atoms with Crippen molar-refractivity contribution in [3.63, 3.8) is 0 Å². The van der Waals surface area contributed by atoms with Crippen LogP contribution in [0.15, 0.2) is 30.9 Å². The van der Waals surface area contributed by atoms with Gasteiger partial charge in [0, 0.05) is 32.0 Å². The molecule has 1 aromatic carbocycles. The van der Waals surface area contributed by atoms with E-state index in [1.807, 2.05) is 4.90 Å². The summed E-state index contributed by atoms with van der Waals surface area (Å²) in [6, 6.07) is 4.45. The minimum absolute atomic E-state index is 0.0639. The predicted molar refractivity (Wildman–Crippen MR) is 72.8 cm³/mol. The first-order valence-corrected chi connectivity index (χ1v) is 5.72. The third-order valence-corrected chi connectivity index (χ3v) is 2.61. The maximum atomic E-state index is 10.9. The molecule has 0 saturated carbocycles. The minimum atomic E-state index is -0.569. The van der Waals surface area contributed by atoms with E-state index < -0.39 is 4.92 Å². The van der Waals surface area contributed by atoms with Gasteiger partial charge >= 0.3 is 0 Å². The number of nitro groups is 1. The van der Waals surface area contributed by atoms with Crippen LogP contribution < -0.4 is 4.90 Å². The lowest BCUT2D eigenvalue weighted by Crippen LogP contribution is -2.27. The van der Waals surface area contributed by atoms with E-state index in [2.05, 4.69) is 6.58 Å². The third kappa shape index (κ3) is 3.89. The van der Waals surface area contributed by atoms with Gasteiger partial charge in [0.05, 0.1) is 17.1 Å². The van der Waals surface area contributed by atoms with E-state index in [1.165, 1.54) is 12.1 Å². The second-order valence-corrected chi connectivity index (χ2v) is 3.85. The molecule has 0 unspecified atom stereocenters. The average Bonchev–Trinajstić information content (AvgIpc) is 2.42. The van der Waals surface area contributed by atoms with Gasteiger partial charge in [0.25, 0.3) is 5.69 Å². The second-order valence-electron chi connectivity index (χ2n) is 3.85. The Hall–Kier alpha value is -2.21. The van der Waals surface area contributed by atoms with Crippen molar-refractivity contribution in [1.29, 1.82) is 0 Å². The molecule has 1 rings (SSSR count). The molecule has 102 valence electrons. The summed E-state index contributed by atoms with van der Waals surface area (Å²) in [7, 11) is 1.60. The number of aldehydes is 1. The highest BCUT2D eigenvalue weighted by Crippen LogP contribution is 2.23. The smallest absolute Gasteiger partial charge is 0.280 e. The van der Waals surface area contributed by atoms with E-state index in [-0.39, 0.29) is 11.3 Å². The van der Waals surface area contributed by atoms with Gasteiger partial charge in [-0.15, -0.1) is 6.58 Å². The molecule has 0 heterocycles. The zero-order chi connectivity index (χ0) is 14.3. The number of hydrogen-bond donors (Lipinski definition) is 0. The number of anilines is 1. The highest BCUT2D eigenvalue weighted by atomic mass is 16.6. The lowest BCUT2D eigenvalue weighted by molar-refractivity contribution is -0.385. The van der Waals surface area contributed by atoms with Crippen LogP contribution in [0.3, 0.4) is 0 Å². The Balaban J connectivity index is 3.06. The summed E-state index contributed by atoms with van der Waals surface area (Å²) in [6.07, 6.45) is 2.21. The molecule has 0 bridgehead atoms. The maximum absolute atomic E-state index is 10.9. The van der Waals surface area contributed by atoms with Crippen LogP contribution in [0.1, 0.15) is 10.4 Å². The Morgan fingerprint density at radius 2 is 2.26 bits per heavy atom. The lowest BCUT2D eigenvalue weighted by atomic mass is 10.1. The van der Waals surface area contributed by atoms with Crippen molar-refractivity contribution in [2.24, 2.45) is 0 Å². The highest BCUT2D eigenvalue weighted by Gasteiger charge is 2.15. The van der Waals surface area contributed by atoms with E-state index in [9.17, 15) is 14.9 Å². The number of ether oxygens (including phenoxy) is 1. The van der Waals surface area contributed by atoms with Gasteiger partial charge < -0.3 is 9.64 Å². The summed E-state index contributed by atoms with van der Waals surface area (Å²) in [5.74, 6) is 0. The van der Waals surface area contributed by atoms with Crippen molar-refractivity contribution in [1.82, 2.24) is 0 Å². The summed E-state index contributed by atoms with van der Waals surface area (Å²) in [4.78, 5) is 23.0. The van der Waals surface area contributed by atoms with Crippen molar-refractivity contribution in [3.8, 4) is 0 Å². The standard InChI is InChI=1S/C13H16N2O4/c1-3-6-14(7-8-19-2)12-4-5-13(15(17)18)11(9-12)10-16/h3-5,9-10H,1,6-8H2,2H3. The Kier molecular flexibility index (Phi) is 5.69. The lowest BCUT2D eigenvalue weighted by Gasteiger charge is -2.23. The summed E-state index contributed by atoms with van der Waals surface area (Å²) >= 11 is 0. The Bertz CT molecular complexity index is 474. The largest absolute Gasteiger partial charge is 0.383 e. The molecule has 0 atom stereocenters. The van der Waals surface area contributed by atoms with E-state index in [0.717, 1.165) is 5.69 Å². The first kappa shape index (κ1) is 14.8. The number of methoxy groups -OCH3 is 1. The van der Waals surface area contributed by atoms with Gasteiger partial charge in [-0.2, -0.15) is 0 Å². The summed E-state index contributed by atoms with van der Waals surface area (Å²) in [5.41, 5.74) is 0.600. The quantitative estimate of drug-likeness (QED) is 0.311. The predicted octanol–water partition coefficient (Wildman–Crippen LogP) is 2.05. The number of carbonyl (C=O) groups is 1. The fraction of sp³-hybridized carbons (Fsp3) is 0.308. The van der Waals surface area contributed by atoms with Gasteiger partial charge in [-0.3, -0.25) is 14.9 Å². The zero-order valence-electron chi connectivity index (χ0n) is 10.7. The Morgan fingerprint density at radius 3 is 2.79 bits per heavy atom. The molecule has 0 radical (unpaired) electrons. The molecule has 0 N–H and O–H groups in total. The van der Waals surface area contributed by atoms with Gasteiger partial charge in [-0.1, -0.05) is 6.08 Å². The molecule has 0 aliphatic carbocycles. The van der Waals surface area contributed by atoms with Gasteiger partial charge in [0.1, 0.15) is 0 Å². The van der Waals surface area contributed by atoms with Crippen LogP contribution >= 0.6 is 0 Å². The van der Waals surface area contributed by atoms with E-state index in [4.69, 9.17) is 4.74 Å². The van der Waals surface area contributed by atoms with E-state index >= 15 is 0 Å². The van der Waals surface area contributed by atoms with Gasteiger partial charge in [0.2, 0.25) is 0 Å². The van der Waals surface area contributed by atoms with Gasteiger partial charge in [-0.05, 0) is 12.1 Å². The molecule has 0 saturated heterocycles. The molecule has 0 spiro atoms. The SMILES string of the molecule is C=CCN(CCOC)c1ccc([N+](=O)[O-])c(C=O)c1. The molecule has 1 aromatic rings. The molecular formula is C13H16N2O4. The van der Waals surface area contributed by atoms with Gasteiger partial charge in [0.15, 0.2) is 6.29 Å². The molecule has 6 nitrogen and oxygen atoms in total. The van der Waals surface area contributed by atoms with Crippen LogP contribution in [0.4, 0.5) is 11.4 Å². The number of nitrogens with zero attached hydrogens (tertiary/aromatic N) is 2. The molecule has 0 aromatic heterocycles. The van der Waals surface area contributed by atoms with Crippen molar-refractivity contribution in [2.75, 3.05) is 31.7 Å². The first-order chi connectivity index (χ1) is 9.13. The summed E-state index contributed by atoms with van der Waals surface area (Å²) in [6.45, 7) is 5.36. The zero-order valence-corrected chi connectivity index (χ0v) is 10.7. The van der Waals surface area contributed by atoms with Crippen molar-refractivity contribution < 1.29 is 14.5 Å². The highest BCUT2D eigenvalue weighted by molar-refractivity contribution is 5.83. The Labute approximate surface area is 111 Å². The summed E-state index contributed by atoms with van der Waals surface area (Å²) < 4.78 is 5.00.